The number of para-hydroxylation sites is 1. The second kappa shape index (κ2) is 7.15. The van der Waals surface area contributed by atoms with E-state index in [1.165, 1.54) is 18.1 Å². The van der Waals surface area contributed by atoms with Crippen molar-refractivity contribution in [2.75, 3.05) is 11.1 Å². The molecule has 0 bridgehead atoms. The zero-order valence-corrected chi connectivity index (χ0v) is 15.0. The molecule has 1 aromatic carbocycles. The Hall–Kier alpha value is -2.90. The molecule has 0 saturated carbocycles. The van der Waals surface area contributed by atoms with Crippen molar-refractivity contribution in [3.8, 4) is 0 Å². The van der Waals surface area contributed by atoms with E-state index in [0.29, 0.717) is 27.4 Å². The first-order valence-corrected chi connectivity index (χ1v) is 8.91. The van der Waals surface area contributed by atoms with Gasteiger partial charge in [0, 0.05) is 22.7 Å². The third-order valence-electron chi connectivity index (χ3n) is 3.66. The maximum atomic E-state index is 6.28. The number of fused-ring (bicyclic) bond motifs is 1. The molecule has 0 radical (unpaired) electrons. The Balaban J connectivity index is 1.69. The minimum atomic E-state index is 0.345. The monoisotopic (exact) mass is 380 g/mol. The Morgan fingerprint density at radius 3 is 2.62 bits per heavy atom. The normalized spacial score (nSPS) is 10.8. The number of nitrogen functional groups attached to an aromatic ring is 1. The van der Waals surface area contributed by atoms with Crippen LogP contribution < -0.4 is 11.1 Å². The number of nitrogens with two attached hydrogens (primary N) is 1. The minimum absolute atomic E-state index is 0.345. The van der Waals surface area contributed by atoms with Crippen molar-refractivity contribution >= 4 is 51.5 Å². The van der Waals surface area contributed by atoms with Crippen LogP contribution in [0.5, 0.6) is 0 Å². The van der Waals surface area contributed by atoms with Crippen LogP contribution in [0, 0.1) is 0 Å². The lowest BCUT2D eigenvalue weighted by molar-refractivity contribution is 1.06. The molecular weight excluding hydrogens is 368 g/mol. The largest absolute Gasteiger partial charge is 0.394 e. The fraction of sp³-hybridized carbons (Fsp3) is 0. The zero-order chi connectivity index (χ0) is 17.9. The van der Waals surface area contributed by atoms with Gasteiger partial charge < -0.3 is 11.1 Å². The lowest BCUT2D eigenvalue weighted by Gasteiger charge is -2.12. The summed E-state index contributed by atoms with van der Waals surface area (Å²) in [6.45, 7) is 0. The van der Waals surface area contributed by atoms with Crippen molar-refractivity contribution in [2.45, 2.75) is 9.92 Å². The SMILES string of the molecule is Nc1c(Nc2cccnc2Cl)ncnc1Sc1cccc2cccnc12. The van der Waals surface area contributed by atoms with Gasteiger partial charge in [-0.15, -0.1) is 0 Å². The Labute approximate surface area is 158 Å². The first-order valence-electron chi connectivity index (χ1n) is 7.72. The molecule has 8 heteroatoms. The van der Waals surface area contributed by atoms with Gasteiger partial charge in [0.15, 0.2) is 11.0 Å². The van der Waals surface area contributed by atoms with Gasteiger partial charge in [-0.2, -0.15) is 0 Å². The molecule has 0 aliphatic heterocycles. The van der Waals surface area contributed by atoms with Crippen LogP contribution in [0.2, 0.25) is 5.15 Å². The molecule has 4 rings (SSSR count). The molecule has 3 aromatic heterocycles. The summed E-state index contributed by atoms with van der Waals surface area (Å²) in [6.07, 6.45) is 4.85. The van der Waals surface area contributed by atoms with Gasteiger partial charge in [-0.25, -0.2) is 15.0 Å². The van der Waals surface area contributed by atoms with E-state index in [0.717, 1.165) is 15.8 Å². The van der Waals surface area contributed by atoms with Crippen molar-refractivity contribution in [1.29, 1.82) is 0 Å². The fourth-order valence-corrected chi connectivity index (χ4v) is 3.53. The van der Waals surface area contributed by atoms with Gasteiger partial charge in [0.2, 0.25) is 0 Å². The fourth-order valence-electron chi connectivity index (χ4n) is 2.43. The van der Waals surface area contributed by atoms with E-state index in [2.05, 4.69) is 25.3 Å². The molecule has 0 aliphatic rings. The zero-order valence-electron chi connectivity index (χ0n) is 13.4. The Morgan fingerprint density at radius 2 is 1.73 bits per heavy atom. The maximum Gasteiger partial charge on any atom is 0.158 e. The highest BCUT2D eigenvalue weighted by atomic mass is 35.5. The predicted octanol–water partition coefficient (Wildman–Crippen LogP) is 4.55. The Kier molecular flexibility index (Phi) is 4.55. The number of benzene rings is 1. The minimum Gasteiger partial charge on any atom is -0.394 e. The van der Waals surface area contributed by atoms with Crippen LogP contribution in [0.4, 0.5) is 17.2 Å². The number of aromatic nitrogens is 4. The average molecular weight is 381 g/mol. The van der Waals surface area contributed by atoms with Crippen LogP contribution in [-0.4, -0.2) is 19.9 Å². The average Bonchev–Trinajstić information content (AvgIpc) is 2.67. The number of hydrogen-bond acceptors (Lipinski definition) is 7. The highest BCUT2D eigenvalue weighted by Crippen LogP contribution is 2.37. The van der Waals surface area contributed by atoms with Crippen molar-refractivity contribution in [3.63, 3.8) is 0 Å². The molecule has 0 amide bonds. The molecular formula is C18H13ClN6S. The van der Waals surface area contributed by atoms with Gasteiger partial charge in [0.25, 0.3) is 0 Å². The highest BCUT2D eigenvalue weighted by molar-refractivity contribution is 7.99. The van der Waals surface area contributed by atoms with E-state index >= 15 is 0 Å². The molecule has 0 unspecified atom stereocenters. The molecule has 6 nitrogen and oxygen atoms in total. The summed E-state index contributed by atoms with van der Waals surface area (Å²) in [5.74, 6) is 0.477. The lowest BCUT2D eigenvalue weighted by atomic mass is 10.2. The number of pyridine rings is 2. The predicted molar refractivity (Wildman–Crippen MR) is 105 cm³/mol. The number of rotatable bonds is 4. The van der Waals surface area contributed by atoms with E-state index < -0.39 is 0 Å². The number of nitrogens with one attached hydrogen (secondary N) is 1. The third-order valence-corrected chi connectivity index (χ3v) is 5.03. The molecule has 128 valence electrons. The van der Waals surface area contributed by atoms with Gasteiger partial charge in [-0.05, 0) is 24.3 Å². The van der Waals surface area contributed by atoms with Crippen LogP contribution in [0.15, 0.2) is 71.1 Å². The summed E-state index contributed by atoms with van der Waals surface area (Å²) in [5, 5.41) is 5.15. The van der Waals surface area contributed by atoms with Gasteiger partial charge in [-0.1, -0.05) is 41.6 Å². The standard InChI is InChI=1S/C18H13ClN6S/c19-16-12(6-3-9-22-16)25-17-14(20)18(24-10-23-17)26-13-7-1-4-11-5-2-8-21-15(11)13/h1-10H,20H2,(H,23,24,25). The van der Waals surface area contributed by atoms with E-state index in [1.807, 2.05) is 30.3 Å². The number of hydrogen-bond donors (Lipinski definition) is 2. The molecule has 3 N–H and O–H groups in total. The molecule has 0 aliphatic carbocycles. The van der Waals surface area contributed by atoms with Gasteiger partial charge in [0.05, 0.1) is 11.2 Å². The quantitative estimate of drug-likeness (QED) is 0.396. The molecule has 4 aromatic rings. The Morgan fingerprint density at radius 1 is 0.923 bits per heavy atom. The van der Waals surface area contributed by atoms with Crippen LogP contribution in [0.1, 0.15) is 0 Å². The molecule has 0 fully saturated rings. The first kappa shape index (κ1) is 16.6. The second-order valence-corrected chi connectivity index (χ2v) is 6.73. The summed E-state index contributed by atoms with van der Waals surface area (Å²) in [6, 6.07) is 13.5. The Bertz CT molecular complexity index is 1080. The van der Waals surface area contributed by atoms with Crippen LogP contribution in [-0.2, 0) is 0 Å². The molecule has 0 spiro atoms. The van der Waals surface area contributed by atoms with E-state index in [4.69, 9.17) is 17.3 Å². The van der Waals surface area contributed by atoms with Gasteiger partial charge in [-0.3, -0.25) is 4.98 Å². The number of anilines is 3. The summed E-state index contributed by atoms with van der Waals surface area (Å²) in [5.41, 5.74) is 8.25. The van der Waals surface area contributed by atoms with Crippen LogP contribution in [0.3, 0.4) is 0 Å². The van der Waals surface area contributed by atoms with Gasteiger partial charge >= 0.3 is 0 Å². The van der Waals surface area contributed by atoms with E-state index in [1.54, 1.807) is 24.5 Å². The lowest BCUT2D eigenvalue weighted by Crippen LogP contribution is -2.03. The topological polar surface area (TPSA) is 89.6 Å². The highest BCUT2D eigenvalue weighted by Gasteiger charge is 2.13. The second-order valence-electron chi connectivity index (χ2n) is 5.34. The number of nitrogens with zero attached hydrogens (tertiary/aromatic N) is 4. The van der Waals surface area contributed by atoms with E-state index in [9.17, 15) is 0 Å². The number of halogens is 1. The maximum absolute atomic E-state index is 6.28. The summed E-state index contributed by atoms with van der Waals surface area (Å²) >= 11 is 7.54. The molecule has 3 heterocycles. The summed E-state index contributed by atoms with van der Waals surface area (Å²) in [7, 11) is 0. The van der Waals surface area contributed by atoms with Crippen molar-refractivity contribution in [3.05, 3.63) is 66.3 Å². The summed E-state index contributed by atoms with van der Waals surface area (Å²) < 4.78 is 0. The van der Waals surface area contributed by atoms with Crippen molar-refractivity contribution < 1.29 is 0 Å². The third kappa shape index (κ3) is 3.26. The molecule has 0 atom stereocenters. The van der Waals surface area contributed by atoms with Crippen LogP contribution >= 0.6 is 23.4 Å². The van der Waals surface area contributed by atoms with Crippen molar-refractivity contribution in [2.24, 2.45) is 0 Å². The first-order chi connectivity index (χ1) is 12.7. The smallest absolute Gasteiger partial charge is 0.158 e. The molecule has 0 saturated heterocycles. The summed E-state index contributed by atoms with van der Waals surface area (Å²) in [4.78, 5) is 18.0. The molecule has 26 heavy (non-hydrogen) atoms. The van der Waals surface area contributed by atoms with Gasteiger partial charge in [0.1, 0.15) is 17.0 Å². The van der Waals surface area contributed by atoms with E-state index in [-0.39, 0.29) is 0 Å². The van der Waals surface area contributed by atoms with Crippen molar-refractivity contribution in [1.82, 2.24) is 19.9 Å². The van der Waals surface area contributed by atoms with Crippen LogP contribution in [0.25, 0.3) is 10.9 Å².